The molecule has 0 spiro atoms. The van der Waals surface area contributed by atoms with E-state index in [9.17, 15) is 14.7 Å². The van der Waals surface area contributed by atoms with E-state index in [0.717, 1.165) is 5.69 Å². The smallest absolute Gasteiger partial charge is 0.408 e. The number of carbonyl (C=O) groups is 2. The first-order chi connectivity index (χ1) is 13.6. The lowest BCUT2D eigenvalue weighted by molar-refractivity contribution is -0.139. The van der Waals surface area contributed by atoms with Crippen LogP contribution >= 0.6 is 23.2 Å². The first-order valence-electron chi connectivity index (χ1n) is 9.81. The predicted molar refractivity (Wildman–Crippen MR) is 115 cm³/mol. The van der Waals surface area contributed by atoms with Crippen LogP contribution in [0, 0.1) is 0 Å². The molecule has 7 nitrogen and oxygen atoms in total. The summed E-state index contributed by atoms with van der Waals surface area (Å²) in [6.45, 7) is 10.0. The van der Waals surface area contributed by atoms with Gasteiger partial charge in [-0.2, -0.15) is 0 Å². The van der Waals surface area contributed by atoms with Crippen LogP contribution in [0.3, 0.4) is 0 Å². The summed E-state index contributed by atoms with van der Waals surface area (Å²) < 4.78 is 0. The molecule has 3 rings (SSSR count). The lowest BCUT2D eigenvalue weighted by Crippen LogP contribution is -2.65. The third kappa shape index (κ3) is 4.90. The summed E-state index contributed by atoms with van der Waals surface area (Å²) in [4.78, 5) is 32.3. The van der Waals surface area contributed by atoms with Gasteiger partial charge in [0, 0.05) is 57.0 Å². The van der Waals surface area contributed by atoms with Crippen LogP contribution in [0.1, 0.15) is 20.8 Å². The topological polar surface area (TPSA) is 67.3 Å². The van der Waals surface area contributed by atoms with Crippen molar-refractivity contribution in [2.75, 3.05) is 50.7 Å². The number of nitrogens with zero attached hydrogens (tertiary/aromatic N) is 4. The third-order valence-corrected chi connectivity index (χ3v) is 6.46. The molecule has 0 aromatic heterocycles. The molecule has 0 saturated carbocycles. The number of anilines is 1. The standard InChI is InChI=1S/C20H28Cl2N4O3/c1-20(2,3)25-10-11-26(19(28)29)17(13-25)18(27)24-8-6-23(7-9-24)14-4-5-15(21)16(22)12-14/h4-5,12,17H,6-11,13H2,1-3H3,(H,28,29)/t17-/m1/s1. The van der Waals surface area contributed by atoms with Crippen molar-refractivity contribution in [2.24, 2.45) is 0 Å². The molecule has 1 N–H and O–H groups in total. The fraction of sp³-hybridized carbons (Fsp3) is 0.600. The fourth-order valence-electron chi connectivity index (χ4n) is 3.91. The van der Waals surface area contributed by atoms with Crippen LogP contribution in [0.4, 0.5) is 10.5 Å². The molecule has 9 heteroatoms. The van der Waals surface area contributed by atoms with Crippen molar-refractivity contribution in [3.05, 3.63) is 28.2 Å². The van der Waals surface area contributed by atoms with E-state index in [-0.39, 0.29) is 11.4 Å². The van der Waals surface area contributed by atoms with Crippen molar-refractivity contribution in [1.29, 1.82) is 0 Å². The molecule has 0 unspecified atom stereocenters. The highest BCUT2D eigenvalue weighted by molar-refractivity contribution is 6.42. The molecule has 2 fully saturated rings. The number of hydrogen-bond acceptors (Lipinski definition) is 4. The zero-order valence-corrected chi connectivity index (χ0v) is 18.6. The monoisotopic (exact) mass is 442 g/mol. The summed E-state index contributed by atoms with van der Waals surface area (Å²) in [5, 5.41) is 10.6. The zero-order chi connectivity index (χ0) is 21.3. The van der Waals surface area contributed by atoms with E-state index in [1.165, 1.54) is 4.90 Å². The van der Waals surface area contributed by atoms with Gasteiger partial charge in [-0.25, -0.2) is 4.79 Å². The molecule has 1 atom stereocenters. The van der Waals surface area contributed by atoms with Crippen LogP contribution in [-0.4, -0.2) is 89.2 Å². The molecule has 29 heavy (non-hydrogen) atoms. The number of carbonyl (C=O) groups excluding carboxylic acids is 1. The maximum Gasteiger partial charge on any atom is 0.408 e. The van der Waals surface area contributed by atoms with Gasteiger partial charge in [-0.15, -0.1) is 0 Å². The van der Waals surface area contributed by atoms with Gasteiger partial charge in [-0.05, 0) is 39.0 Å². The second-order valence-corrected chi connectivity index (χ2v) is 9.33. The number of hydrogen-bond donors (Lipinski definition) is 1. The van der Waals surface area contributed by atoms with Crippen molar-refractivity contribution >= 4 is 40.9 Å². The van der Waals surface area contributed by atoms with E-state index >= 15 is 0 Å². The van der Waals surface area contributed by atoms with Gasteiger partial charge in [0.1, 0.15) is 6.04 Å². The molecule has 2 aliphatic rings. The summed E-state index contributed by atoms with van der Waals surface area (Å²) >= 11 is 12.1. The summed E-state index contributed by atoms with van der Waals surface area (Å²) in [5.74, 6) is -0.116. The molecule has 0 aliphatic carbocycles. The summed E-state index contributed by atoms with van der Waals surface area (Å²) in [7, 11) is 0. The van der Waals surface area contributed by atoms with Gasteiger partial charge in [0.05, 0.1) is 10.0 Å². The Morgan fingerprint density at radius 2 is 1.66 bits per heavy atom. The molecule has 2 amide bonds. The lowest BCUT2D eigenvalue weighted by atomic mass is 10.0. The van der Waals surface area contributed by atoms with Gasteiger partial charge in [0.25, 0.3) is 0 Å². The molecule has 160 valence electrons. The highest BCUT2D eigenvalue weighted by atomic mass is 35.5. The number of rotatable bonds is 2. The Labute approximate surface area is 181 Å². The van der Waals surface area contributed by atoms with Gasteiger partial charge < -0.3 is 14.9 Å². The van der Waals surface area contributed by atoms with E-state index in [1.54, 1.807) is 11.0 Å². The highest BCUT2D eigenvalue weighted by Gasteiger charge is 2.40. The Morgan fingerprint density at radius 3 is 2.21 bits per heavy atom. The fourth-order valence-corrected chi connectivity index (χ4v) is 4.20. The van der Waals surface area contributed by atoms with E-state index < -0.39 is 12.1 Å². The SMILES string of the molecule is CC(C)(C)N1CCN(C(=O)O)[C@@H](C(=O)N2CCN(c3ccc(Cl)c(Cl)c3)CC2)C1. The Balaban J connectivity index is 1.67. The normalized spacial score (nSPS) is 21.4. The first-order valence-corrected chi connectivity index (χ1v) is 10.6. The van der Waals surface area contributed by atoms with Gasteiger partial charge in [0.2, 0.25) is 5.91 Å². The van der Waals surface area contributed by atoms with Crippen molar-refractivity contribution in [3.63, 3.8) is 0 Å². The molecule has 2 aliphatic heterocycles. The Bertz CT molecular complexity index is 775. The van der Waals surface area contributed by atoms with Crippen molar-refractivity contribution in [1.82, 2.24) is 14.7 Å². The second-order valence-electron chi connectivity index (χ2n) is 8.52. The Kier molecular flexibility index (Phi) is 6.51. The van der Waals surface area contributed by atoms with E-state index in [0.29, 0.717) is 55.9 Å². The lowest BCUT2D eigenvalue weighted by Gasteiger charge is -2.47. The number of benzene rings is 1. The minimum Gasteiger partial charge on any atom is -0.465 e. The van der Waals surface area contributed by atoms with Crippen LogP contribution < -0.4 is 4.90 Å². The zero-order valence-electron chi connectivity index (χ0n) is 17.1. The quantitative estimate of drug-likeness (QED) is 0.761. The molecule has 0 radical (unpaired) electrons. The first kappa shape index (κ1) is 22.0. The average Bonchev–Trinajstić information content (AvgIpc) is 2.68. The Morgan fingerprint density at radius 1 is 1.00 bits per heavy atom. The molecule has 2 saturated heterocycles. The van der Waals surface area contributed by atoms with Gasteiger partial charge in [-0.1, -0.05) is 23.2 Å². The van der Waals surface area contributed by atoms with Crippen molar-refractivity contribution in [2.45, 2.75) is 32.4 Å². The molecule has 2 heterocycles. The number of halogens is 2. The van der Waals surface area contributed by atoms with Gasteiger partial charge >= 0.3 is 6.09 Å². The number of amides is 2. The van der Waals surface area contributed by atoms with Crippen molar-refractivity contribution < 1.29 is 14.7 Å². The van der Waals surface area contributed by atoms with Crippen LogP contribution in [0.5, 0.6) is 0 Å². The molecular formula is C20H28Cl2N4O3. The Hall–Kier alpha value is -1.70. The van der Waals surface area contributed by atoms with Crippen molar-refractivity contribution in [3.8, 4) is 0 Å². The number of carboxylic acid groups (broad SMARTS) is 1. The minimum atomic E-state index is -1.04. The number of piperazine rings is 2. The maximum atomic E-state index is 13.2. The summed E-state index contributed by atoms with van der Waals surface area (Å²) in [6, 6.07) is 4.85. The molecule has 0 bridgehead atoms. The summed E-state index contributed by atoms with van der Waals surface area (Å²) in [6.07, 6.45) is -1.04. The van der Waals surface area contributed by atoms with E-state index in [2.05, 4.69) is 30.6 Å². The van der Waals surface area contributed by atoms with E-state index in [4.69, 9.17) is 23.2 Å². The molecular weight excluding hydrogens is 415 g/mol. The van der Waals surface area contributed by atoms with Gasteiger partial charge in [0.15, 0.2) is 0 Å². The minimum absolute atomic E-state index is 0.115. The average molecular weight is 443 g/mol. The van der Waals surface area contributed by atoms with Gasteiger partial charge in [-0.3, -0.25) is 14.6 Å². The van der Waals surface area contributed by atoms with E-state index in [1.807, 2.05) is 12.1 Å². The third-order valence-electron chi connectivity index (χ3n) is 5.72. The van der Waals surface area contributed by atoms with Crippen LogP contribution in [-0.2, 0) is 4.79 Å². The molecule has 1 aromatic rings. The molecule has 1 aromatic carbocycles. The highest BCUT2D eigenvalue weighted by Crippen LogP contribution is 2.28. The maximum absolute atomic E-state index is 13.2. The largest absolute Gasteiger partial charge is 0.465 e. The van der Waals surface area contributed by atoms with Crippen LogP contribution in [0.2, 0.25) is 10.0 Å². The second kappa shape index (κ2) is 8.58. The van der Waals surface area contributed by atoms with Crippen LogP contribution in [0.25, 0.3) is 0 Å². The summed E-state index contributed by atoms with van der Waals surface area (Å²) in [5.41, 5.74) is 0.852. The van der Waals surface area contributed by atoms with Crippen LogP contribution in [0.15, 0.2) is 18.2 Å². The predicted octanol–water partition coefficient (Wildman–Crippen LogP) is 3.10.